The average Bonchev–Trinajstić information content (AvgIpc) is 2.30. The van der Waals surface area contributed by atoms with E-state index in [1.165, 1.54) is 0 Å². The minimum absolute atomic E-state index is 0.0388. The molecule has 1 aliphatic rings. The molecule has 1 aliphatic heterocycles. The van der Waals surface area contributed by atoms with Gasteiger partial charge in [0, 0.05) is 12.8 Å². The number of alkyl halides is 4. The van der Waals surface area contributed by atoms with Gasteiger partial charge in [0.1, 0.15) is 11.4 Å². The Balaban J connectivity index is 2.92. The Bertz CT molecular complexity index is 433. The predicted octanol–water partition coefficient (Wildman–Crippen LogP) is 2.97. The van der Waals surface area contributed by atoms with Gasteiger partial charge >= 0.3 is 18.1 Å². The monoisotopic (exact) mass is 389 g/mol. The topological polar surface area (TPSA) is 55.8 Å². The number of rotatable bonds is 3. The lowest BCUT2D eigenvalue weighted by Gasteiger charge is -2.52. The van der Waals surface area contributed by atoms with E-state index < -0.39 is 35.3 Å². The van der Waals surface area contributed by atoms with E-state index in [4.69, 9.17) is 4.74 Å². The first-order chi connectivity index (χ1) is 9.79. The summed E-state index contributed by atoms with van der Waals surface area (Å²) in [7, 11) is 0. The standard InChI is InChI=1S/C13H19BrF3NO4/c1-11(2)5-8(21-9(19)7-14)6-12(3,4)18(11)22-10(20)13(15,16)17/h8H,5-7H2,1-4H3. The van der Waals surface area contributed by atoms with E-state index >= 15 is 0 Å². The van der Waals surface area contributed by atoms with Gasteiger partial charge in [0.2, 0.25) is 0 Å². The van der Waals surface area contributed by atoms with Crippen molar-refractivity contribution in [2.75, 3.05) is 5.33 Å². The van der Waals surface area contributed by atoms with Crippen LogP contribution in [-0.4, -0.2) is 45.7 Å². The molecule has 9 heteroatoms. The largest absolute Gasteiger partial charge is 0.492 e. The predicted molar refractivity (Wildman–Crippen MR) is 75.1 cm³/mol. The normalized spacial score (nSPS) is 22.2. The van der Waals surface area contributed by atoms with E-state index in [-0.39, 0.29) is 18.2 Å². The summed E-state index contributed by atoms with van der Waals surface area (Å²) in [5.41, 5.74) is -1.83. The third-order valence-corrected chi connectivity index (χ3v) is 3.82. The maximum atomic E-state index is 12.4. The molecule has 0 unspecified atom stereocenters. The summed E-state index contributed by atoms with van der Waals surface area (Å²) in [6.45, 7) is 6.53. The van der Waals surface area contributed by atoms with Crippen LogP contribution in [0.5, 0.6) is 0 Å². The van der Waals surface area contributed by atoms with Gasteiger partial charge in [-0.15, -0.1) is 5.06 Å². The Morgan fingerprint density at radius 2 is 1.64 bits per heavy atom. The van der Waals surface area contributed by atoms with Gasteiger partial charge in [-0.05, 0) is 27.7 Å². The summed E-state index contributed by atoms with van der Waals surface area (Å²) < 4.78 is 42.5. The molecule has 0 bridgehead atoms. The molecular formula is C13H19BrF3NO4. The van der Waals surface area contributed by atoms with Crippen molar-refractivity contribution in [2.45, 2.75) is 63.9 Å². The lowest BCUT2D eigenvalue weighted by molar-refractivity contribution is -0.298. The van der Waals surface area contributed by atoms with Crippen LogP contribution in [0.1, 0.15) is 40.5 Å². The minimum Gasteiger partial charge on any atom is -0.462 e. The van der Waals surface area contributed by atoms with Crippen LogP contribution in [0.15, 0.2) is 0 Å². The van der Waals surface area contributed by atoms with E-state index in [9.17, 15) is 22.8 Å². The number of hydroxylamine groups is 2. The zero-order chi connectivity index (χ0) is 17.3. The first-order valence-corrected chi connectivity index (χ1v) is 7.76. The third-order valence-electron chi connectivity index (χ3n) is 3.37. The number of piperidine rings is 1. The minimum atomic E-state index is -5.06. The van der Waals surface area contributed by atoms with Gasteiger partial charge in [-0.3, -0.25) is 4.79 Å². The fraction of sp³-hybridized carbons (Fsp3) is 0.846. The van der Waals surface area contributed by atoms with Crippen LogP contribution in [0.25, 0.3) is 0 Å². The molecule has 0 N–H and O–H groups in total. The van der Waals surface area contributed by atoms with Crippen LogP contribution in [0.2, 0.25) is 0 Å². The number of halogens is 4. The van der Waals surface area contributed by atoms with Gasteiger partial charge in [-0.25, -0.2) is 4.79 Å². The van der Waals surface area contributed by atoms with Crippen molar-refractivity contribution < 1.29 is 32.3 Å². The fourth-order valence-electron chi connectivity index (χ4n) is 2.85. The van der Waals surface area contributed by atoms with Crippen LogP contribution in [0, 0.1) is 0 Å². The van der Waals surface area contributed by atoms with E-state index in [1.807, 2.05) is 0 Å². The van der Waals surface area contributed by atoms with Crippen molar-refractivity contribution in [3.63, 3.8) is 0 Å². The molecule has 0 aromatic heterocycles. The molecule has 1 heterocycles. The third kappa shape index (κ3) is 4.58. The number of hydrogen-bond acceptors (Lipinski definition) is 5. The molecule has 128 valence electrons. The highest BCUT2D eigenvalue weighted by Gasteiger charge is 2.52. The lowest BCUT2D eigenvalue weighted by Crippen LogP contribution is -2.63. The van der Waals surface area contributed by atoms with Crippen LogP contribution >= 0.6 is 15.9 Å². The molecule has 1 fully saturated rings. The molecule has 1 rings (SSSR count). The van der Waals surface area contributed by atoms with Crippen molar-refractivity contribution >= 4 is 27.9 Å². The molecule has 22 heavy (non-hydrogen) atoms. The molecule has 0 aromatic rings. The summed E-state index contributed by atoms with van der Waals surface area (Å²) in [4.78, 5) is 27.1. The number of ether oxygens (including phenoxy) is 1. The Labute approximate surface area is 135 Å². The maximum Gasteiger partial charge on any atom is 0.492 e. The van der Waals surface area contributed by atoms with Crippen molar-refractivity contribution in [1.82, 2.24) is 5.06 Å². The van der Waals surface area contributed by atoms with Gasteiger partial charge in [0.05, 0.1) is 11.1 Å². The van der Waals surface area contributed by atoms with Gasteiger partial charge in [-0.2, -0.15) is 13.2 Å². The Hall–Kier alpha value is -0.830. The Morgan fingerprint density at radius 3 is 2.00 bits per heavy atom. The lowest BCUT2D eigenvalue weighted by atomic mass is 9.80. The zero-order valence-corrected chi connectivity index (χ0v) is 14.4. The van der Waals surface area contributed by atoms with Crippen molar-refractivity contribution in [1.29, 1.82) is 0 Å². The summed E-state index contributed by atoms with van der Waals surface area (Å²) in [5.74, 6) is -2.71. The van der Waals surface area contributed by atoms with E-state index in [0.717, 1.165) is 5.06 Å². The number of esters is 1. The van der Waals surface area contributed by atoms with Crippen molar-refractivity contribution in [3.8, 4) is 0 Å². The highest BCUT2D eigenvalue weighted by Crippen LogP contribution is 2.40. The van der Waals surface area contributed by atoms with Crippen LogP contribution in [0.4, 0.5) is 13.2 Å². The summed E-state index contributed by atoms with van der Waals surface area (Å²) in [6, 6.07) is 0. The molecule has 0 aliphatic carbocycles. The SMILES string of the molecule is CC1(C)CC(OC(=O)CBr)CC(C)(C)N1OC(=O)C(F)(F)F. The van der Waals surface area contributed by atoms with Gasteiger partial charge in [0.25, 0.3) is 0 Å². The van der Waals surface area contributed by atoms with E-state index in [0.29, 0.717) is 0 Å². The second-order valence-corrected chi connectivity index (χ2v) is 7.01. The highest BCUT2D eigenvalue weighted by atomic mass is 79.9. The van der Waals surface area contributed by atoms with E-state index in [1.54, 1.807) is 27.7 Å². The van der Waals surface area contributed by atoms with Crippen molar-refractivity contribution in [3.05, 3.63) is 0 Å². The number of carbonyl (C=O) groups excluding carboxylic acids is 2. The molecule has 0 saturated carbocycles. The molecule has 5 nitrogen and oxygen atoms in total. The number of nitrogens with zero attached hydrogens (tertiary/aromatic N) is 1. The van der Waals surface area contributed by atoms with Crippen LogP contribution in [0.3, 0.4) is 0 Å². The van der Waals surface area contributed by atoms with Gasteiger partial charge < -0.3 is 9.57 Å². The smallest absolute Gasteiger partial charge is 0.462 e. The molecule has 0 atom stereocenters. The summed E-state index contributed by atoms with van der Waals surface area (Å²) in [5, 5.41) is 1.09. The fourth-order valence-corrected chi connectivity index (χ4v) is 2.99. The molecule has 0 spiro atoms. The molecular weight excluding hydrogens is 371 g/mol. The molecule has 0 radical (unpaired) electrons. The second-order valence-electron chi connectivity index (χ2n) is 6.45. The molecule has 0 amide bonds. The van der Waals surface area contributed by atoms with Gasteiger partial charge in [0.15, 0.2) is 0 Å². The van der Waals surface area contributed by atoms with Gasteiger partial charge in [-0.1, -0.05) is 15.9 Å². The molecule has 1 saturated heterocycles. The molecule has 0 aromatic carbocycles. The summed E-state index contributed by atoms with van der Waals surface area (Å²) in [6.07, 6.45) is -5.03. The second kappa shape index (κ2) is 6.35. The van der Waals surface area contributed by atoms with Crippen LogP contribution < -0.4 is 0 Å². The highest BCUT2D eigenvalue weighted by molar-refractivity contribution is 9.09. The first kappa shape index (κ1) is 19.2. The van der Waals surface area contributed by atoms with Crippen LogP contribution in [-0.2, 0) is 19.2 Å². The first-order valence-electron chi connectivity index (χ1n) is 6.64. The number of hydrogen-bond donors (Lipinski definition) is 0. The zero-order valence-electron chi connectivity index (χ0n) is 12.8. The Kier molecular flexibility index (Phi) is 5.55. The average molecular weight is 390 g/mol. The van der Waals surface area contributed by atoms with Crippen molar-refractivity contribution in [2.24, 2.45) is 0 Å². The summed E-state index contributed by atoms with van der Waals surface area (Å²) >= 11 is 2.99. The Morgan fingerprint density at radius 1 is 1.18 bits per heavy atom. The number of carbonyl (C=O) groups is 2. The quantitative estimate of drug-likeness (QED) is 0.548. The maximum absolute atomic E-state index is 12.4. The van der Waals surface area contributed by atoms with E-state index in [2.05, 4.69) is 20.8 Å².